The fourth-order valence-corrected chi connectivity index (χ4v) is 2.97. The van der Waals surface area contributed by atoms with Crippen molar-refractivity contribution in [3.05, 3.63) is 69.3 Å². The lowest BCUT2D eigenvalue weighted by molar-refractivity contribution is 0.0686. The second kappa shape index (κ2) is 6.24. The zero-order chi connectivity index (χ0) is 16.6. The number of aliphatic hydroxyl groups excluding tert-OH is 1. The van der Waals surface area contributed by atoms with Crippen LogP contribution in [0.5, 0.6) is 0 Å². The Kier molecular flexibility index (Phi) is 4.31. The number of aliphatic hydroxyl groups is 1. The molecule has 0 radical (unpaired) electrons. The molecule has 0 fully saturated rings. The van der Waals surface area contributed by atoms with Gasteiger partial charge in [0.25, 0.3) is 0 Å². The Morgan fingerprint density at radius 3 is 2.52 bits per heavy atom. The first kappa shape index (κ1) is 15.9. The van der Waals surface area contributed by atoms with Crippen LogP contribution < -0.4 is 0 Å². The minimum Gasteiger partial charge on any atom is -0.477 e. The Balaban J connectivity index is 2.16. The van der Waals surface area contributed by atoms with Gasteiger partial charge in [-0.25, -0.2) is 4.79 Å². The molecule has 2 N–H and O–H groups in total. The average Bonchev–Trinajstić information content (AvgIpc) is 2.90. The van der Waals surface area contributed by atoms with Gasteiger partial charge in [0, 0.05) is 17.4 Å². The molecule has 23 heavy (non-hydrogen) atoms. The van der Waals surface area contributed by atoms with Crippen LogP contribution in [0.3, 0.4) is 0 Å². The van der Waals surface area contributed by atoms with Gasteiger partial charge in [0.15, 0.2) is 0 Å². The lowest BCUT2D eigenvalue weighted by Gasteiger charge is -2.10. The number of nitrogens with zero attached hydrogens (tertiary/aromatic N) is 1. The van der Waals surface area contributed by atoms with Crippen LogP contribution in [0.25, 0.3) is 10.9 Å². The molecule has 3 aromatic rings. The van der Waals surface area contributed by atoms with E-state index in [2.05, 4.69) is 0 Å². The van der Waals surface area contributed by atoms with Crippen LogP contribution in [0.15, 0.2) is 42.5 Å². The summed E-state index contributed by atoms with van der Waals surface area (Å²) >= 11 is 11.9. The van der Waals surface area contributed by atoms with Crippen LogP contribution in [0.1, 0.15) is 21.6 Å². The maximum absolute atomic E-state index is 11.6. The zero-order valence-corrected chi connectivity index (χ0v) is 13.5. The van der Waals surface area contributed by atoms with Gasteiger partial charge in [-0.1, -0.05) is 41.4 Å². The lowest BCUT2D eigenvalue weighted by Crippen LogP contribution is -2.09. The predicted molar refractivity (Wildman–Crippen MR) is 90.4 cm³/mol. The van der Waals surface area contributed by atoms with Gasteiger partial charge >= 0.3 is 5.97 Å². The summed E-state index contributed by atoms with van der Waals surface area (Å²) in [6, 6.07) is 12.2. The number of carboxylic acid groups (broad SMARTS) is 1. The van der Waals surface area contributed by atoms with Crippen LogP contribution in [0, 0.1) is 0 Å². The summed E-state index contributed by atoms with van der Waals surface area (Å²) in [5.41, 5.74) is 2.44. The largest absolute Gasteiger partial charge is 0.477 e. The van der Waals surface area contributed by atoms with Gasteiger partial charge < -0.3 is 14.8 Å². The van der Waals surface area contributed by atoms with Crippen molar-refractivity contribution in [2.24, 2.45) is 0 Å². The third-order valence-electron chi connectivity index (χ3n) is 3.75. The minimum absolute atomic E-state index is 0.146. The number of halogens is 2. The Labute approximate surface area is 142 Å². The van der Waals surface area contributed by atoms with Gasteiger partial charge in [-0.05, 0) is 35.4 Å². The minimum atomic E-state index is -1.02. The number of hydrogen-bond acceptors (Lipinski definition) is 2. The maximum atomic E-state index is 11.6. The molecule has 0 aliphatic carbocycles. The van der Waals surface area contributed by atoms with Gasteiger partial charge in [-0.3, -0.25) is 0 Å². The maximum Gasteiger partial charge on any atom is 0.352 e. The molecular formula is C17H13Cl2NO3. The van der Waals surface area contributed by atoms with Crippen LogP contribution in [0.4, 0.5) is 0 Å². The highest BCUT2D eigenvalue weighted by Crippen LogP contribution is 2.27. The molecule has 4 nitrogen and oxygen atoms in total. The molecule has 1 aromatic heterocycles. The Hall–Kier alpha value is -2.01. The van der Waals surface area contributed by atoms with Gasteiger partial charge in [0.2, 0.25) is 0 Å². The first-order chi connectivity index (χ1) is 11.0. The van der Waals surface area contributed by atoms with Crippen LogP contribution in [0.2, 0.25) is 10.0 Å². The Morgan fingerprint density at radius 1 is 1.09 bits per heavy atom. The van der Waals surface area contributed by atoms with Crippen molar-refractivity contribution < 1.29 is 15.0 Å². The summed E-state index contributed by atoms with van der Waals surface area (Å²) in [7, 11) is 0. The van der Waals surface area contributed by atoms with Crippen molar-refractivity contribution >= 4 is 40.1 Å². The fraction of sp³-hybridized carbons (Fsp3) is 0.118. The Bertz CT molecular complexity index is 902. The van der Waals surface area contributed by atoms with E-state index in [1.807, 2.05) is 12.1 Å². The van der Waals surface area contributed by atoms with Crippen molar-refractivity contribution in [1.82, 2.24) is 4.57 Å². The summed E-state index contributed by atoms with van der Waals surface area (Å²) in [6.07, 6.45) is 0. The van der Waals surface area contributed by atoms with E-state index in [0.29, 0.717) is 22.2 Å². The molecular weight excluding hydrogens is 337 g/mol. The second-order valence-electron chi connectivity index (χ2n) is 5.18. The van der Waals surface area contributed by atoms with Gasteiger partial charge in [0.1, 0.15) is 5.69 Å². The van der Waals surface area contributed by atoms with E-state index in [1.54, 1.807) is 34.9 Å². The number of carbonyl (C=O) groups is 1. The lowest BCUT2D eigenvalue weighted by atomic mass is 10.1. The standard InChI is InChI=1S/C17H13Cl2NO3/c18-13-5-4-10(6-14(13)19)8-20-15-3-1-2-11(9-21)12(15)7-16(20)17(22)23/h1-7,21H,8-9H2,(H,22,23). The molecule has 0 aliphatic rings. The number of aromatic carboxylic acids is 1. The molecule has 0 atom stereocenters. The highest BCUT2D eigenvalue weighted by molar-refractivity contribution is 6.42. The van der Waals surface area contributed by atoms with E-state index in [4.69, 9.17) is 23.2 Å². The van der Waals surface area contributed by atoms with Crippen LogP contribution in [-0.2, 0) is 13.2 Å². The molecule has 0 saturated heterocycles. The monoisotopic (exact) mass is 349 g/mol. The van der Waals surface area contributed by atoms with Crippen molar-refractivity contribution in [1.29, 1.82) is 0 Å². The zero-order valence-electron chi connectivity index (χ0n) is 12.0. The quantitative estimate of drug-likeness (QED) is 0.742. The van der Waals surface area contributed by atoms with Crippen molar-refractivity contribution in [3.8, 4) is 0 Å². The third-order valence-corrected chi connectivity index (χ3v) is 4.49. The fourth-order valence-electron chi connectivity index (χ4n) is 2.65. The second-order valence-corrected chi connectivity index (χ2v) is 5.99. The number of carboxylic acids is 1. The van der Waals surface area contributed by atoms with E-state index in [1.165, 1.54) is 0 Å². The van der Waals surface area contributed by atoms with Crippen molar-refractivity contribution in [3.63, 3.8) is 0 Å². The summed E-state index contributed by atoms with van der Waals surface area (Å²) in [5.74, 6) is -1.02. The summed E-state index contributed by atoms with van der Waals surface area (Å²) in [5, 5.41) is 20.5. The van der Waals surface area contributed by atoms with E-state index in [9.17, 15) is 15.0 Å². The molecule has 0 aliphatic heterocycles. The molecule has 0 saturated carbocycles. The molecule has 0 spiro atoms. The molecule has 0 bridgehead atoms. The molecule has 118 valence electrons. The van der Waals surface area contributed by atoms with Gasteiger partial charge in [-0.2, -0.15) is 0 Å². The normalized spacial score (nSPS) is 11.1. The highest BCUT2D eigenvalue weighted by Gasteiger charge is 2.16. The van der Waals surface area contributed by atoms with Gasteiger partial charge in [0.05, 0.1) is 16.7 Å². The summed E-state index contributed by atoms with van der Waals surface area (Å²) in [6.45, 7) is 0.199. The Morgan fingerprint density at radius 2 is 1.87 bits per heavy atom. The number of benzene rings is 2. The molecule has 1 heterocycles. The molecule has 2 aromatic carbocycles. The number of hydrogen-bond donors (Lipinski definition) is 2. The van der Waals surface area contributed by atoms with E-state index < -0.39 is 5.97 Å². The first-order valence-corrected chi connectivity index (χ1v) is 7.66. The van der Waals surface area contributed by atoms with Crippen molar-refractivity contribution in [2.75, 3.05) is 0 Å². The topological polar surface area (TPSA) is 62.5 Å². The van der Waals surface area contributed by atoms with Crippen LogP contribution >= 0.6 is 23.2 Å². The number of fused-ring (bicyclic) bond motifs is 1. The summed E-state index contributed by atoms with van der Waals surface area (Å²) < 4.78 is 1.69. The molecule has 6 heteroatoms. The van der Waals surface area contributed by atoms with Crippen LogP contribution in [-0.4, -0.2) is 20.7 Å². The molecule has 0 amide bonds. The summed E-state index contributed by atoms with van der Waals surface area (Å²) in [4.78, 5) is 11.6. The highest BCUT2D eigenvalue weighted by atomic mass is 35.5. The average molecular weight is 350 g/mol. The number of aromatic nitrogens is 1. The number of rotatable bonds is 4. The molecule has 0 unspecified atom stereocenters. The SMILES string of the molecule is O=C(O)c1cc2c(CO)cccc2n1Cc1ccc(Cl)c(Cl)c1. The smallest absolute Gasteiger partial charge is 0.352 e. The van der Waals surface area contributed by atoms with E-state index >= 15 is 0 Å². The van der Waals surface area contributed by atoms with Crippen molar-refractivity contribution in [2.45, 2.75) is 13.2 Å². The van der Waals surface area contributed by atoms with Gasteiger partial charge in [-0.15, -0.1) is 0 Å². The van der Waals surface area contributed by atoms with E-state index in [0.717, 1.165) is 16.5 Å². The first-order valence-electron chi connectivity index (χ1n) is 6.90. The van der Waals surface area contributed by atoms with E-state index in [-0.39, 0.29) is 12.3 Å². The third kappa shape index (κ3) is 2.93. The predicted octanol–water partition coefficient (Wildman–Crippen LogP) is 4.19. The molecule has 3 rings (SSSR count).